The lowest BCUT2D eigenvalue weighted by Gasteiger charge is -2.00. The maximum Gasteiger partial charge on any atom is 0.185 e. The van der Waals surface area contributed by atoms with Crippen LogP contribution in [0.15, 0.2) is 0 Å². The van der Waals surface area contributed by atoms with Crippen LogP contribution in [0.4, 0.5) is 0 Å². The maximum absolute atomic E-state index is 11.2. The molecule has 0 heterocycles. The largest absolute Gasteiger partial charge is 0.396 e. The van der Waals surface area contributed by atoms with Gasteiger partial charge in [0.25, 0.3) is 0 Å². The standard InChI is InChI=1S/C11H20O3S/c1-10(13)15-9-4-2-3-6-11(14)7-5-8-12/h12H,2-9H2,1H3. The summed E-state index contributed by atoms with van der Waals surface area (Å²) in [5.41, 5.74) is 0. The van der Waals surface area contributed by atoms with Gasteiger partial charge in [-0.05, 0) is 19.3 Å². The van der Waals surface area contributed by atoms with Gasteiger partial charge in [0.05, 0.1) is 0 Å². The minimum Gasteiger partial charge on any atom is -0.396 e. The fourth-order valence-corrected chi connectivity index (χ4v) is 1.85. The van der Waals surface area contributed by atoms with E-state index >= 15 is 0 Å². The Balaban J connectivity index is 3.16. The second kappa shape index (κ2) is 10.2. The molecular formula is C11H20O3S. The summed E-state index contributed by atoms with van der Waals surface area (Å²) >= 11 is 1.35. The summed E-state index contributed by atoms with van der Waals surface area (Å²) in [4.78, 5) is 21.8. The molecule has 0 aliphatic heterocycles. The zero-order valence-corrected chi connectivity index (χ0v) is 10.1. The number of carbonyl (C=O) groups excluding carboxylic acids is 2. The lowest BCUT2D eigenvalue weighted by molar-refractivity contribution is -0.119. The van der Waals surface area contributed by atoms with Gasteiger partial charge < -0.3 is 5.11 Å². The molecule has 4 heteroatoms. The van der Waals surface area contributed by atoms with E-state index in [2.05, 4.69) is 0 Å². The van der Waals surface area contributed by atoms with Crippen molar-refractivity contribution in [2.75, 3.05) is 12.4 Å². The fraction of sp³-hybridized carbons (Fsp3) is 0.818. The third kappa shape index (κ3) is 11.6. The molecule has 0 rings (SSSR count). The Morgan fingerprint density at radius 2 is 1.73 bits per heavy atom. The Bertz CT molecular complexity index is 192. The van der Waals surface area contributed by atoms with Crippen molar-refractivity contribution >= 4 is 22.7 Å². The number of carbonyl (C=O) groups is 2. The summed E-state index contributed by atoms with van der Waals surface area (Å²) in [6.07, 6.45) is 4.61. The van der Waals surface area contributed by atoms with Gasteiger partial charge in [-0.1, -0.05) is 18.2 Å². The van der Waals surface area contributed by atoms with Crippen LogP contribution in [0.2, 0.25) is 0 Å². The van der Waals surface area contributed by atoms with E-state index in [1.54, 1.807) is 6.92 Å². The Morgan fingerprint density at radius 3 is 2.33 bits per heavy atom. The molecule has 0 aromatic heterocycles. The molecule has 0 radical (unpaired) electrons. The molecule has 0 saturated carbocycles. The monoisotopic (exact) mass is 232 g/mol. The number of aliphatic hydroxyl groups is 1. The molecule has 0 aliphatic carbocycles. The zero-order valence-electron chi connectivity index (χ0n) is 9.33. The number of thioether (sulfide) groups is 1. The summed E-state index contributed by atoms with van der Waals surface area (Å²) in [6, 6.07) is 0. The molecular weight excluding hydrogens is 212 g/mol. The molecule has 0 saturated heterocycles. The van der Waals surface area contributed by atoms with Crippen molar-refractivity contribution in [3.05, 3.63) is 0 Å². The van der Waals surface area contributed by atoms with Gasteiger partial charge in [0, 0.05) is 32.1 Å². The predicted octanol–water partition coefficient (Wildman–Crippen LogP) is 2.17. The number of unbranched alkanes of at least 4 members (excludes halogenated alkanes) is 2. The van der Waals surface area contributed by atoms with Crippen molar-refractivity contribution < 1.29 is 14.7 Å². The van der Waals surface area contributed by atoms with Gasteiger partial charge in [-0.25, -0.2) is 0 Å². The van der Waals surface area contributed by atoms with Crippen LogP contribution in [-0.2, 0) is 9.59 Å². The first-order valence-electron chi connectivity index (χ1n) is 5.42. The molecule has 88 valence electrons. The van der Waals surface area contributed by atoms with Crippen molar-refractivity contribution in [3.8, 4) is 0 Å². The summed E-state index contributed by atoms with van der Waals surface area (Å²) in [7, 11) is 0. The summed E-state index contributed by atoms with van der Waals surface area (Å²) < 4.78 is 0. The van der Waals surface area contributed by atoms with Gasteiger partial charge in [0.1, 0.15) is 5.78 Å². The minimum atomic E-state index is 0.0982. The topological polar surface area (TPSA) is 54.4 Å². The van der Waals surface area contributed by atoms with Crippen LogP contribution >= 0.6 is 11.8 Å². The van der Waals surface area contributed by atoms with E-state index in [-0.39, 0.29) is 17.5 Å². The number of hydrogen-bond donors (Lipinski definition) is 1. The SMILES string of the molecule is CC(=O)SCCCCCC(=O)CCCO. The molecule has 0 aliphatic rings. The average Bonchev–Trinajstić information content (AvgIpc) is 2.19. The van der Waals surface area contributed by atoms with E-state index in [9.17, 15) is 9.59 Å². The average molecular weight is 232 g/mol. The highest BCUT2D eigenvalue weighted by Crippen LogP contribution is 2.09. The number of aliphatic hydroxyl groups excluding tert-OH is 1. The van der Waals surface area contributed by atoms with E-state index < -0.39 is 0 Å². The molecule has 0 unspecified atom stereocenters. The van der Waals surface area contributed by atoms with Crippen LogP contribution in [0.25, 0.3) is 0 Å². The first kappa shape index (κ1) is 14.6. The number of hydrogen-bond acceptors (Lipinski definition) is 4. The molecule has 0 amide bonds. The third-order valence-electron chi connectivity index (χ3n) is 2.02. The van der Waals surface area contributed by atoms with E-state index in [0.717, 1.165) is 25.0 Å². The van der Waals surface area contributed by atoms with Crippen LogP contribution in [0, 0.1) is 0 Å². The molecule has 0 atom stereocenters. The molecule has 0 bridgehead atoms. The van der Waals surface area contributed by atoms with Crippen LogP contribution < -0.4 is 0 Å². The molecule has 3 nitrogen and oxygen atoms in total. The first-order chi connectivity index (χ1) is 7.16. The first-order valence-corrected chi connectivity index (χ1v) is 6.41. The number of rotatable bonds is 9. The number of ketones is 1. The Hall–Kier alpha value is -0.350. The van der Waals surface area contributed by atoms with Crippen molar-refractivity contribution in [1.82, 2.24) is 0 Å². The lowest BCUT2D eigenvalue weighted by Crippen LogP contribution is -1.99. The van der Waals surface area contributed by atoms with Gasteiger partial charge in [-0.2, -0.15) is 0 Å². The normalized spacial score (nSPS) is 10.3. The number of Topliss-reactive ketones (excluding diaryl/α,β-unsaturated/α-hetero) is 1. The highest BCUT2D eigenvalue weighted by molar-refractivity contribution is 8.13. The van der Waals surface area contributed by atoms with E-state index in [4.69, 9.17) is 5.11 Å². The molecule has 0 aromatic rings. The highest BCUT2D eigenvalue weighted by atomic mass is 32.2. The molecule has 0 aromatic carbocycles. The Labute approximate surface area is 95.6 Å². The molecule has 0 fully saturated rings. The second-order valence-corrected chi connectivity index (χ2v) is 4.79. The molecule has 15 heavy (non-hydrogen) atoms. The predicted molar refractivity (Wildman–Crippen MR) is 62.9 cm³/mol. The van der Waals surface area contributed by atoms with Crippen LogP contribution in [-0.4, -0.2) is 28.4 Å². The Kier molecular flexibility index (Phi) is 9.94. The van der Waals surface area contributed by atoms with Crippen LogP contribution in [0.3, 0.4) is 0 Å². The van der Waals surface area contributed by atoms with Crippen molar-refractivity contribution in [3.63, 3.8) is 0 Å². The van der Waals surface area contributed by atoms with E-state index in [1.165, 1.54) is 11.8 Å². The zero-order chi connectivity index (χ0) is 11.5. The Morgan fingerprint density at radius 1 is 1.07 bits per heavy atom. The van der Waals surface area contributed by atoms with Crippen LogP contribution in [0.1, 0.15) is 45.4 Å². The fourth-order valence-electron chi connectivity index (χ4n) is 1.22. The molecule has 0 spiro atoms. The van der Waals surface area contributed by atoms with Gasteiger partial charge in [0.15, 0.2) is 5.12 Å². The smallest absolute Gasteiger partial charge is 0.185 e. The van der Waals surface area contributed by atoms with E-state index in [0.29, 0.717) is 19.3 Å². The minimum absolute atomic E-state index is 0.0982. The highest BCUT2D eigenvalue weighted by Gasteiger charge is 2.01. The summed E-state index contributed by atoms with van der Waals surface area (Å²) in [5.74, 6) is 1.10. The van der Waals surface area contributed by atoms with E-state index in [1.807, 2.05) is 0 Å². The van der Waals surface area contributed by atoms with Gasteiger partial charge in [-0.3, -0.25) is 9.59 Å². The van der Waals surface area contributed by atoms with Crippen molar-refractivity contribution in [2.24, 2.45) is 0 Å². The maximum atomic E-state index is 11.2. The van der Waals surface area contributed by atoms with Crippen molar-refractivity contribution in [2.45, 2.75) is 45.4 Å². The lowest BCUT2D eigenvalue weighted by atomic mass is 10.1. The van der Waals surface area contributed by atoms with Gasteiger partial charge in [-0.15, -0.1) is 0 Å². The quantitative estimate of drug-likeness (QED) is 0.619. The second-order valence-electron chi connectivity index (χ2n) is 3.52. The van der Waals surface area contributed by atoms with Crippen molar-refractivity contribution in [1.29, 1.82) is 0 Å². The van der Waals surface area contributed by atoms with Gasteiger partial charge >= 0.3 is 0 Å². The summed E-state index contributed by atoms with van der Waals surface area (Å²) in [6.45, 7) is 1.67. The molecule has 1 N–H and O–H groups in total. The summed E-state index contributed by atoms with van der Waals surface area (Å²) in [5, 5.41) is 8.68. The van der Waals surface area contributed by atoms with Crippen LogP contribution in [0.5, 0.6) is 0 Å². The van der Waals surface area contributed by atoms with Gasteiger partial charge in [0.2, 0.25) is 0 Å². The third-order valence-corrected chi connectivity index (χ3v) is 2.92.